The van der Waals surface area contributed by atoms with E-state index >= 15 is 0 Å². The summed E-state index contributed by atoms with van der Waals surface area (Å²) in [7, 11) is 0. The van der Waals surface area contributed by atoms with Crippen LogP contribution in [0.4, 0.5) is 0 Å². The Bertz CT molecular complexity index is 3160. The summed E-state index contributed by atoms with van der Waals surface area (Å²) in [5, 5.41) is 5.44. The highest BCUT2D eigenvalue weighted by molar-refractivity contribution is 7.26. The van der Waals surface area contributed by atoms with E-state index in [0.717, 1.165) is 65.0 Å². The van der Waals surface area contributed by atoms with Gasteiger partial charge in [0.1, 0.15) is 16.2 Å². The maximum Gasteiger partial charge on any atom is 0.164 e. The first-order valence-corrected chi connectivity index (χ1v) is 19.0. The fraction of sp³-hybridized carbons (Fsp3) is 0. The van der Waals surface area contributed by atoms with Crippen molar-refractivity contribution in [2.75, 3.05) is 0 Å². The smallest absolute Gasteiger partial charge is 0.164 e. The molecule has 0 amide bonds. The summed E-state index contributed by atoms with van der Waals surface area (Å²) in [6.07, 6.45) is 0. The number of para-hydroxylation sites is 2. The molecule has 5 nitrogen and oxygen atoms in total. The second kappa shape index (κ2) is 12.0. The highest BCUT2D eigenvalue weighted by Gasteiger charge is 2.21. The molecule has 0 aliphatic carbocycles. The molecule has 0 saturated heterocycles. The van der Waals surface area contributed by atoms with Crippen LogP contribution in [0.25, 0.3) is 108 Å². The van der Waals surface area contributed by atoms with Gasteiger partial charge in [-0.1, -0.05) is 121 Å². The molecule has 11 aromatic rings. The molecule has 11 rings (SSSR count). The predicted molar refractivity (Wildman–Crippen MR) is 220 cm³/mol. The third-order valence-electron chi connectivity index (χ3n) is 9.79. The van der Waals surface area contributed by atoms with E-state index in [4.69, 9.17) is 24.4 Å². The normalized spacial score (nSPS) is 11.8. The van der Waals surface area contributed by atoms with Crippen LogP contribution in [0.2, 0.25) is 0 Å². The lowest BCUT2D eigenvalue weighted by atomic mass is 10.0. The molecule has 0 radical (unpaired) electrons. The molecule has 7 heteroatoms. The van der Waals surface area contributed by atoms with E-state index in [9.17, 15) is 0 Å². The Morgan fingerprint density at radius 1 is 0.415 bits per heavy atom. The highest BCUT2D eigenvalue weighted by atomic mass is 32.1. The molecule has 0 spiro atoms. The summed E-state index contributed by atoms with van der Waals surface area (Å²) < 4.78 is 10.3. The largest absolute Gasteiger partial charge is 0.455 e. The molecule has 4 heterocycles. The first-order chi connectivity index (χ1) is 26.2. The van der Waals surface area contributed by atoms with E-state index in [1.165, 1.54) is 25.7 Å². The fourth-order valence-electron chi connectivity index (χ4n) is 7.33. The Labute approximate surface area is 311 Å². The lowest BCUT2D eigenvalue weighted by molar-refractivity contribution is 0.670. The first-order valence-electron chi connectivity index (χ1n) is 17.4. The number of hydrogen-bond donors (Lipinski definition) is 0. The molecule has 53 heavy (non-hydrogen) atoms. The fourth-order valence-corrected chi connectivity index (χ4v) is 9.56. The van der Waals surface area contributed by atoms with Gasteiger partial charge in [-0.25, -0.2) is 19.9 Å². The van der Waals surface area contributed by atoms with E-state index in [2.05, 4.69) is 103 Å². The molecule has 0 atom stereocenters. The number of thiophene rings is 1. The third kappa shape index (κ3) is 4.97. The Hall–Kier alpha value is -6.54. The van der Waals surface area contributed by atoms with Crippen LogP contribution in [-0.2, 0) is 0 Å². The summed E-state index contributed by atoms with van der Waals surface area (Å²) in [6, 6.07) is 54.5. The molecule has 0 N–H and O–H groups in total. The first kappa shape index (κ1) is 30.1. The van der Waals surface area contributed by atoms with Crippen LogP contribution in [0.3, 0.4) is 0 Å². The Balaban J connectivity index is 1.10. The van der Waals surface area contributed by atoms with Gasteiger partial charge in [-0.3, -0.25) is 0 Å². The zero-order valence-corrected chi connectivity index (χ0v) is 29.7. The van der Waals surface area contributed by atoms with E-state index in [1.807, 2.05) is 65.9 Å². The molecule has 0 fully saturated rings. The van der Waals surface area contributed by atoms with Gasteiger partial charge in [-0.05, 0) is 47.5 Å². The lowest BCUT2D eigenvalue weighted by Crippen LogP contribution is -2.00. The number of aromatic nitrogens is 4. The van der Waals surface area contributed by atoms with Gasteiger partial charge in [-0.2, -0.15) is 0 Å². The van der Waals surface area contributed by atoms with Crippen LogP contribution in [0, 0.1) is 0 Å². The van der Waals surface area contributed by atoms with Crippen molar-refractivity contribution in [3.8, 4) is 55.9 Å². The standard InChI is InChI=1S/C46H26N4OS2/c1-2-12-27(13-3-1)43-48-44(29-15-8-14-28(26-29)30-17-9-18-32-31-16-4-6-24-38(31)52-42(30)32)50-45(49-43)34-20-11-23-37-40(34)33-19-10-21-35(41(33)51-37)46-47-36-22-5-7-25-39(36)53-46/h1-26H. The van der Waals surface area contributed by atoms with Gasteiger partial charge in [-0.15, -0.1) is 22.7 Å². The SMILES string of the molecule is c1ccc(-c2nc(-c3cccc(-c4cccc5c4sc4ccccc45)c3)nc(-c3cccc4oc5c(-c6nc7ccccc7s6)cccc5c34)n2)cc1. The van der Waals surface area contributed by atoms with Crippen LogP contribution in [0.1, 0.15) is 0 Å². The van der Waals surface area contributed by atoms with Gasteiger partial charge >= 0.3 is 0 Å². The van der Waals surface area contributed by atoms with Gasteiger partial charge in [0, 0.05) is 47.6 Å². The number of benzene rings is 7. The van der Waals surface area contributed by atoms with Crippen molar-refractivity contribution in [3.05, 3.63) is 158 Å². The zero-order chi connectivity index (χ0) is 34.9. The molecule has 0 bridgehead atoms. The Morgan fingerprint density at radius 2 is 1.06 bits per heavy atom. The van der Waals surface area contributed by atoms with Crippen molar-refractivity contribution in [1.82, 2.24) is 19.9 Å². The number of rotatable bonds is 5. The van der Waals surface area contributed by atoms with Crippen LogP contribution in [0.5, 0.6) is 0 Å². The number of fused-ring (bicyclic) bond motifs is 7. The second-order valence-electron chi connectivity index (χ2n) is 13.0. The van der Waals surface area contributed by atoms with Gasteiger partial charge in [0.2, 0.25) is 0 Å². The van der Waals surface area contributed by atoms with E-state index in [0.29, 0.717) is 17.5 Å². The molecule has 0 saturated carbocycles. The van der Waals surface area contributed by atoms with Crippen LogP contribution >= 0.6 is 22.7 Å². The van der Waals surface area contributed by atoms with Gasteiger partial charge in [0.15, 0.2) is 17.5 Å². The molecule has 7 aromatic carbocycles. The topological polar surface area (TPSA) is 64.7 Å². The number of hydrogen-bond acceptors (Lipinski definition) is 7. The average molecular weight is 715 g/mol. The minimum Gasteiger partial charge on any atom is -0.455 e. The van der Waals surface area contributed by atoms with Crippen molar-refractivity contribution in [3.63, 3.8) is 0 Å². The Kier molecular flexibility index (Phi) is 6.83. The van der Waals surface area contributed by atoms with Gasteiger partial charge < -0.3 is 4.42 Å². The molecule has 0 aliphatic heterocycles. The number of thiazole rings is 1. The van der Waals surface area contributed by atoms with Crippen molar-refractivity contribution in [2.24, 2.45) is 0 Å². The van der Waals surface area contributed by atoms with Crippen molar-refractivity contribution in [1.29, 1.82) is 0 Å². The quantitative estimate of drug-likeness (QED) is 0.178. The van der Waals surface area contributed by atoms with Gasteiger partial charge in [0.25, 0.3) is 0 Å². The van der Waals surface area contributed by atoms with Crippen molar-refractivity contribution >= 4 is 75.0 Å². The summed E-state index contributed by atoms with van der Waals surface area (Å²) in [6.45, 7) is 0. The maximum absolute atomic E-state index is 6.64. The summed E-state index contributed by atoms with van der Waals surface area (Å²) in [5.41, 5.74) is 8.57. The Morgan fingerprint density at radius 3 is 1.94 bits per heavy atom. The van der Waals surface area contributed by atoms with Crippen molar-refractivity contribution in [2.45, 2.75) is 0 Å². The molecule has 4 aromatic heterocycles. The van der Waals surface area contributed by atoms with Crippen molar-refractivity contribution < 1.29 is 4.42 Å². The minimum absolute atomic E-state index is 0.588. The highest BCUT2D eigenvalue weighted by Crippen LogP contribution is 2.43. The van der Waals surface area contributed by atoms with Gasteiger partial charge in [0.05, 0.1) is 15.8 Å². The number of nitrogens with zero attached hydrogens (tertiary/aromatic N) is 4. The molecule has 0 aliphatic rings. The predicted octanol–water partition coefficient (Wildman–Crippen LogP) is 13.1. The summed E-state index contributed by atoms with van der Waals surface area (Å²) >= 11 is 3.51. The van der Waals surface area contributed by atoms with Crippen LogP contribution in [0.15, 0.2) is 162 Å². The minimum atomic E-state index is 0.588. The number of furan rings is 1. The summed E-state index contributed by atoms with van der Waals surface area (Å²) in [5.74, 6) is 1.81. The molecular formula is C46H26N4OS2. The third-order valence-corrected chi connectivity index (χ3v) is 12.1. The zero-order valence-electron chi connectivity index (χ0n) is 28.0. The van der Waals surface area contributed by atoms with Crippen LogP contribution < -0.4 is 0 Å². The summed E-state index contributed by atoms with van der Waals surface area (Å²) in [4.78, 5) is 20.4. The molecular weight excluding hydrogens is 689 g/mol. The van der Waals surface area contributed by atoms with E-state index in [-0.39, 0.29) is 0 Å². The second-order valence-corrected chi connectivity index (χ2v) is 15.1. The lowest BCUT2D eigenvalue weighted by Gasteiger charge is -2.10. The van der Waals surface area contributed by atoms with Crippen LogP contribution in [-0.4, -0.2) is 19.9 Å². The van der Waals surface area contributed by atoms with E-state index < -0.39 is 0 Å². The van der Waals surface area contributed by atoms with E-state index in [1.54, 1.807) is 11.3 Å². The maximum atomic E-state index is 6.64. The monoisotopic (exact) mass is 714 g/mol. The average Bonchev–Trinajstić information content (AvgIpc) is 3.94. The molecule has 0 unspecified atom stereocenters. The molecule has 248 valence electrons.